The van der Waals surface area contributed by atoms with Crippen LogP contribution in [-0.2, 0) is 18.0 Å². The monoisotopic (exact) mass is 353 g/mol. The van der Waals surface area contributed by atoms with Crippen LogP contribution in [0.2, 0.25) is 0 Å². The second kappa shape index (κ2) is 6.92. The van der Waals surface area contributed by atoms with Crippen LogP contribution in [0.25, 0.3) is 0 Å². The van der Waals surface area contributed by atoms with Crippen molar-refractivity contribution in [3.63, 3.8) is 0 Å². The lowest BCUT2D eigenvalue weighted by Crippen LogP contribution is -2.10. The fraction of sp³-hybridized carbons (Fsp3) is 0.133. The maximum atomic E-state index is 13.7. The highest BCUT2D eigenvalue weighted by Gasteiger charge is 2.06. The molecule has 2 aromatic carbocycles. The van der Waals surface area contributed by atoms with E-state index >= 15 is 0 Å². The van der Waals surface area contributed by atoms with E-state index < -0.39 is 0 Å². The molecule has 2 rings (SSSR count). The molecule has 0 fully saturated rings. The summed E-state index contributed by atoms with van der Waals surface area (Å²) in [4.78, 5) is 0.247. The van der Waals surface area contributed by atoms with Crippen LogP contribution in [0.15, 0.2) is 46.9 Å². The molecule has 0 spiro atoms. The molecule has 0 aliphatic carbocycles. The molecule has 2 aromatic rings. The van der Waals surface area contributed by atoms with Crippen LogP contribution in [0, 0.1) is 5.82 Å². The first-order valence-corrected chi connectivity index (χ1v) is 7.17. The largest absolute Gasteiger partial charge is 0.389 e. The van der Waals surface area contributed by atoms with Crippen LogP contribution in [0.5, 0.6) is 0 Å². The van der Waals surface area contributed by atoms with Crippen LogP contribution in [-0.4, -0.2) is 4.99 Å². The molecular weight excluding hydrogens is 341 g/mol. The van der Waals surface area contributed by atoms with E-state index in [2.05, 4.69) is 15.9 Å². The lowest BCUT2D eigenvalue weighted by atomic mass is 10.1. The molecule has 0 bridgehead atoms. The zero-order valence-corrected chi connectivity index (χ0v) is 13.0. The van der Waals surface area contributed by atoms with E-state index in [9.17, 15) is 4.39 Å². The van der Waals surface area contributed by atoms with Crippen LogP contribution in [0.3, 0.4) is 0 Å². The lowest BCUT2D eigenvalue weighted by Gasteiger charge is -2.08. The summed E-state index contributed by atoms with van der Waals surface area (Å²) in [5.41, 5.74) is 7.63. The Bertz CT molecular complexity index is 633. The molecule has 2 N–H and O–H groups in total. The second-order valence-corrected chi connectivity index (χ2v) is 5.55. The number of ether oxygens (including phenoxy) is 1. The Hall–Kier alpha value is -1.30. The molecule has 2 nitrogen and oxygen atoms in total. The third kappa shape index (κ3) is 3.85. The average Bonchev–Trinajstić information content (AvgIpc) is 2.42. The fourth-order valence-corrected chi connectivity index (χ4v) is 2.25. The summed E-state index contributed by atoms with van der Waals surface area (Å²) < 4.78 is 20.2. The first-order valence-electron chi connectivity index (χ1n) is 5.97. The number of benzene rings is 2. The molecule has 0 atom stereocenters. The number of thiocarbonyl (C=S) groups is 1. The van der Waals surface area contributed by atoms with Crippen molar-refractivity contribution in [1.82, 2.24) is 0 Å². The normalized spacial score (nSPS) is 10.5. The highest BCUT2D eigenvalue weighted by atomic mass is 79.9. The minimum absolute atomic E-state index is 0.170. The van der Waals surface area contributed by atoms with Crippen LogP contribution in [0.4, 0.5) is 4.39 Å². The van der Waals surface area contributed by atoms with Gasteiger partial charge < -0.3 is 10.5 Å². The van der Waals surface area contributed by atoms with Crippen molar-refractivity contribution in [2.75, 3.05) is 0 Å². The van der Waals surface area contributed by atoms with Crippen molar-refractivity contribution in [1.29, 1.82) is 0 Å². The van der Waals surface area contributed by atoms with Gasteiger partial charge in [0.1, 0.15) is 10.8 Å². The van der Waals surface area contributed by atoms with Gasteiger partial charge in [0, 0.05) is 15.6 Å². The predicted molar refractivity (Wildman–Crippen MR) is 84.9 cm³/mol. The minimum Gasteiger partial charge on any atom is -0.389 e. The summed E-state index contributed by atoms with van der Waals surface area (Å²) >= 11 is 8.32. The Morgan fingerprint density at radius 3 is 2.55 bits per heavy atom. The van der Waals surface area contributed by atoms with Gasteiger partial charge in [-0.05, 0) is 29.8 Å². The zero-order chi connectivity index (χ0) is 14.5. The molecule has 0 amide bonds. The van der Waals surface area contributed by atoms with Gasteiger partial charge in [-0.25, -0.2) is 4.39 Å². The summed E-state index contributed by atoms with van der Waals surface area (Å²) in [6, 6.07) is 12.3. The van der Waals surface area contributed by atoms with Crippen molar-refractivity contribution in [2.24, 2.45) is 5.73 Å². The van der Waals surface area contributed by atoms with E-state index in [1.165, 1.54) is 6.07 Å². The van der Waals surface area contributed by atoms with Crippen molar-refractivity contribution < 1.29 is 9.13 Å². The molecule has 0 saturated heterocycles. The second-order valence-electron chi connectivity index (χ2n) is 4.25. The third-order valence-electron chi connectivity index (χ3n) is 2.80. The Labute approximate surface area is 130 Å². The van der Waals surface area contributed by atoms with E-state index in [0.717, 1.165) is 10.0 Å². The Balaban J connectivity index is 2.02. The zero-order valence-electron chi connectivity index (χ0n) is 10.6. The quantitative estimate of drug-likeness (QED) is 0.826. The number of hydrogen-bond acceptors (Lipinski definition) is 2. The summed E-state index contributed by atoms with van der Waals surface area (Å²) in [6.07, 6.45) is 0. The number of rotatable bonds is 5. The highest BCUT2D eigenvalue weighted by Crippen LogP contribution is 2.18. The Morgan fingerprint density at radius 1 is 1.15 bits per heavy atom. The molecule has 0 saturated carbocycles. The molecule has 5 heteroatoms. The summed E-state index contributed by atoms with van der Waals surface area (Å²) in [5.74, 6) is -0.322. The van der Waals surface area contributed by atoms with Gasteiger partial charge in [-0.1, -0.05) is 46.3 Å². The van der Waals surface area contributed by atoms with Gasteiger partial charge in [0.15, 0.2) is 0 Å². The summed E-state index contributed by atoms with van der Waals surface area (Å²) in [6.45, 7) is 0.571. The standard InChI is InChI=1S/C15H13BrFNOS/c16-13-4-2-1-3-11(13)8-19-9-12-7-10(15(18)20)5-6-14(12)17/h1-7H,8-9H2,(H2,18,20). The van der Waals surface area contributed by atoms with Crippen molar-refractivity contribution in [3.8, 4) is 0 Å². The van der Waals surface area contributed by atoms with Gasteiger partial charge in [-0.2, -0.15) is 0 Å². The van der Waals surface area contributed by atoms with E-state index in [1.807, 2.05) is 24.3 Å². The van der Waals surface area contributed by atoms with Gasteiger partial charge in [-0.3, -0.25) is 0 Å². The molecule has 0 aromatic heterocycles. The van der Waals surface area contributed by atoms with Crippen LogP contribution >= 0.6 is 28.1 Å². The number of halogens is 2. The van der Waals surface area contributed by atoms with E-state index in [4.69, 9.17) is 22.7 Å². The average molecular weight is 354 g/mol. The maximum Gasteiger partial charge on any atom is 0.128 e. The molecule has 0 aliphatic rings. The molecule has 0 aliphatic heterocycles. The molecule has 20 heavy (non-hydrogen) atoms. The van der Waals surface area contributed by atoms with Crippen LogP contribution < -0.4 is 5.73 Å². The van der Waals surface area contributed by atoms with Gasteiger partial charge in [-0.15, -0.1) is 0 Å². The van der Waals surface area contributed by atoms with E-state index in [0.29, 0.717) is 17.7 Å². The lowest BCUT2D eigenvalue weighted by molar-refractivity contribution is 0.104. The number of nitrogens with two attached hydrogens (primary N) is 1. The molecule has 0 unspecified atom stereocenters. The molecule has 0 heterocycles. The van der Waals surface area contributed by atoms with Crippen molar-refractivity contribution in [2.45, 2.75) is 13.2 Å². The molecular formula is C15H13BrFNOS. The SMILES string of the molecule is NC(=S)c1ccc(F)c(COCc2ccccc2Br)c1. The van der Waals surface area contributed by atoms with Crippen LogP contribution in [0.1, 0.15) is 16.7 Å². The Kier molecular flexibility index (Phi) is 5.23. The van der Waals surface area contributed by atoms with Gasteiger partial charge in [0.2, 0.25) is 0 Å². The van der Waals surface area contributed by atoms with E-state index in [1.54, 1.807) is 12.1 Å². The predicted octanol–water partition coefficient (Wildman–Crippen LogP) is 3.94. The smallest absolute Gasteiger partial charge is 0.128 e. The Morgan fingerprint density at radius 2 is 1.85 bits per heavy atom. The first kappa shape index (κ1) is 15.1. The minimum atomic E-state index is -0.322. The molecule has 104 valence electrons. The van der Waals surface area contributed by atoms with E-state index in [-0.39, 0.29) is 17.4 Å². The van der Waals surface area contributed by atoms with Gasteiger partial charge in [0.05, 0.1) is 13.2 Å². The van der Waals surface area contributed by atoms with Crippen molar-refractivity contribution in [3.05, 3.63) is 69.4 Å². The molecule has 0 radical (unpaired) electrons. The van der Waals surface area contributed by atoms with Gasteiger partial charge >= 0.3 is 0 Å². The summed E-state index contributed by atoms with van der Waals surface area (Å²) in [5, 5.41) is 0. The topological polar surface area (TPSA) is 35.2 Å². The van der Waals surface area contributed by atoms with Gasteiger partial charge in [0.25, 0.3) is 0 Å². The maximum absolute atomic E-state index is 13.7. The van der Waals surface area contributed by atoms with Crippen molar-refractivity contribution >= 4 is 33.1 Å². The fourth-order valence-electron chi connectivity index (χ4n) is 1.73. The first-order chi connectivity index (χ1) is 9.58. The number of hydrogen-bond donors (Lipinski definition) is 1. The highest BCUT2D eigenvalue weighted by molar-refractivity contribution is 9.10. The third-order valence-corrected chi connectivity index (χ3v) is 3.81. The summed E-state index contributed by atoms with van der Waals surface area (Å²) in [7, 11) is 0.